The molecule has 0 unspecified atom stereocenters. The summed E-state index contributed by atoms with van der Waals surface area (Å²) in [7, 11) is 0. The van der Waals surface area contributed by atoms with Crippen LogP contribution in [0.25, 0.3) is 33.7 Å². The van der Waals surface area contributed by atoms with Crippen LogP contribution in [0.15, 0.2) is 130 Å². The molecule has 0 saturated carbocycles. The van der Waals surface area contributed by atoms with Gasteiger partial charge in [-0.1, -0.05) is 82.7 Å². The molecule has 6 aromatic rings. The van der Waals surface area contributed by atoms with Gasteiger partial charge in [0.15, 0.2) is 13.2 Å². The molecule has 10 nitrogen and oxygen atoms in total. The Morgan fingerprint density at radius 1 is 0.633 bits per heavy atom. The highest BCUT2D eigenvalue weighted by Gasteiger charge is 2.08. The van der Waals surface area contributed by atoms with Crippen molar-refractivity contribution in [3.05, 3.63) is 131 Å². The molecule has 49 heavy (non-hydrogen) atoms. The Hall–Kier alpha value is -6.20. The van der Waals surface area contributed by atoms with Crippen LogP contribution < -0.4 is 9.47 Å². The van der Waals surface area contributed by atoms with Gasteiger partial charge in [-0.25, -0.2) is 9.59 Å². The van der Waals surface area contributed by atoms with Crippen molar-refractivity contribution < 1.29 is 39.5 Å². The monoisotopic (exact) mass is 720 g/mol. The van der Waals surface area contributed by atoms with Crippen molar-refractivity contribution in [3.63, 3.8) is 0 Å². The highest BCUT2D eigenvalue weighted by Crippen LogP contribution is 2.37. The molecular weight excluding hydrogens is 692 g/mol. The zero-order valence-corrected chi connectivity index (χ0v) is 27.3. The Kier molecular flexibility index (Phi) is 11.2. The Morgan fingerprint density at radius 2 is 1.24 bits per heavy atom. The lowest BCUT2D eigenvalue weighted by Gasteiger charge is -2.05. The SMILES string of the molecule is O=C(O)COc1ccc(/C=C/c2c(O)ccc3ccccc23)cc1.O=C(O)COc1ccc(N=Nc2c(O)ccc3cc(Br)ccc23)cc1. The number of phenols is 2. The Balaban J connectivity index is 0.000000191. The first kappa shape index (κ1) is 34.1. The maximum atomic E-state index is 10.5. The molecular formula is C38H29BrN2O8. The molecule has 6 rings (SSSR count). The predicted molar refractivity (Wildman–Crippen MR) is 191 cm³/mol. The number of carboxylic acids is 2. The van der Waals surface area contributed by atoms with Gasteiger partial charge in [0.25, 0.3) is 0 Å². The average molecular weight is 722 g/mol. The van der Waals surface area contributed by atoms with E-state index in [9.17, 15) is 19.8 Å². The van der Waals surface area contributed by atoms with E-state index in [0.29, 0.717) is 22.9 Å². The molecule has 0 amide bonds. The van der Waals surface area contributed by atoms with Gasteiger partial charge in [0.1, 0.15) is 28.7 Å². The second-order valence-corrected chi connectivity index (χ2v) is 11.4. The molecule has 0 aromatic heterocycles. The predicted octanol–water partition coefficient (Wildman–Crippen LogP) is 9.37. The highest BCUT2D eigenvalue weighted by atomic mass is 79.9. The van der Waals surface area contributed by atoms with Gasteiger partial charge in [0, 0.05) is 15.4 Å². The van der Waals surface area contributed by atoms with Gasteiger partial charge >= 0.3 is 11.9 Å². The van der Waals surface area contributed by atoms with E-state index in [1.54, 1.807) is 48.5 Å². The lowest BCUT2D eigenvalue weighted by Crippen LogP contribution is -2.09. The van der Waals surface area contributed by atoms with Crippen LogP contribution in [0.3, 0.4) is 0 Å². The first-order chi connectivity index (χ1) is 23.7. The van der Waals surface area contributed by atoms with E-state index in [0.717, 1.165) is 37.1 Å². The number of benzene rings is 6. The standard InChI is InChI=1S/C20H16O4.C18H13BrN2O4/c21-19-12-8-15-3-1-2-4-17(15)18(19)11-7-14-5-9-16(10-6-14)24-13-20(22)23;19-12-2-7-15-11(9-12)1-8-16(22)18(15)21-20-13-3-5-14(6-4-13)25-10-17(23)24/h1-12,21H,13H2,(H,22,23);1-9,22H,10H2,(H,23,24)/b11-7+;. The molecule has 0 radical (unpaired) electrons. The van der Waals surface area contributed by atoms with Crippen LogP contribution in [0.5, 0.6) is 23.0 Å². The van der Waals surface area contributed by atoms with E-state index >= 15 is 0 Å². The number of phenolic OH excluding ortho intramolecular Hbond substituents is 2. The summed E-state index contributed by atoms with van der Waals surface area (Å²) in [5, 5.41) is 49.4. The van der Waals surface area contributed by atoms with Crippen LogP contribution >= 0.6 is 15.9 Å². The second kappa shape index (κ2) is 16.1. The van der Waals surface area contributed by atoms with Crippen LogP contribution in [-0.2, 0) is 9.59 Å². The van der Waals surface area contributed by atoms with Crippen LogP contribution in [0, 0.1) is 0 Å². The fourth-order valence-electron chi connectivity index (χ4n) is 4.70. The fraction of sp³-hybridized carbons (Fsp3) is 0.0526. The molecule has 0 atom stereocenters. The third kappa shape index (κ3) is 9.43. The Morgan fingerprint density at radius 3 is 1.92 bits per heavy atom. The summed E-state index contributed by atoms with van der Waals surface area (Å²) in [4.78, 5) is 21.0. The zero-order valence-electron chi connectivity index (χ0n) is 25.7. The van der Waals surface area contributed by atoms with Gasteiger partial charge in [-0.2, -0.15) is 5.11 Å². The van der Waals surface area contributed by atoms with Gasteiger partial charge in [0.2, 0.25) is 0 Å². The van der Waals surface area contributed by atoms with E-state index in [2.05, 4.69) is 26.2 Å². The maximum Gasteiger partial charge on any atom is 0.341 e. The molecule has 0 aliphatic heterocycles. The summed E-state index contributed by atoms with van der Waals surface area (Å²) in [5.74, 6) is -0.847. The molecule has 0 heterocycles. The molecule has 0 bridgehead atoms. The summed E-state index contributed by atoms with van der Waals surface area (Å²) in [6, 6.07) is 34.1. The van der Waals surface area contributed by atoms with Gasteiger partial charge in [0.05, 0.1) is 5.69 Å². The van der Waals surface area contributed by atoms with Crippen molar-refractivity contribution in [2.24, 2.45) is 10.2 Å². The summed E-state index contributed by atoms with van der Waals surface area (Å²) < 4.78 is 11.1. The molecule has 0 saturated heterocycles. The molecule has 4 N–H and O–H groups in total. The van der Waals surface area contributed by atoms with Crippen molar-refractivity contribution in [3.8, 4) is 23.0 Å². The van der Waals surface area contributed by atoms with Crippen LogP contribution in [0.2, 0.25) is 0 Å². The van der Waals surface area contributed by atoms with E-state index < -0.39 is 18.5 Å². The van der Waals surface area contributed by atoms with Gasteiger partial charge in [-0.05, 0) is 82.4 Å². The number of azo groups is 1. The minimum Gasteiger partial charge on any atom is -0.507 e. The molecule has 0 spiro atoms. The fourth-order valence-corrected chi connectivity index (χ4v) is 5.08. The van der Waals surface area contributed by atoms with Crippen molar-refractivity contribution in [1.29, 1.82) is 0 Å². The van der Waals surface area contributed by atoms with Gasteiger partial charge < -0.3 is 29.9 Å². The topological polar surface area (TPSA) is 158 Å². The van der Waals surface area contributed by atoms with Crippen molar-refractivity contribution >= 4 is 72.9 Å². The van der Waals surface area contributed by atoms with Crippen molar-refractivity contribution in [2.75, 3.05) is 13.2 Å². The van der Waals surface area contributed by atoms with Crippen LogP contribution in [0.1, 0.15) is 11.1 Å². The molecule has 0 aliphatic rings. The summed E-state index contributed by atoms with van der Waals surface area (Å²) in [6.07, 6.45) is 3.76. The van der Waals surface area contributed by atoms with E-state index in [4.69, 9.17) is 19.7 Å². The van der Waals surface area contributed by atoms with E-state index in [1.807, 2.05) is 78.9 Å². The number of aromatic hydroxyl groups is 2. The number of aliphatic carboxylic acids is 2. The smallest absolute Gasteiger partial charge is 0.341 e. The van der Waals surface area contributed by atoms with Crippen LogP contribution in [0.4, 0.5) is 11.4 Å². The largest absolute Gasteiger partial charge is 0.507 e. The van der Waals surface area contributed by atoms with Crippen molar-refractivity contribution in [2.45, 2.75) is 0 Å². The molecule has 0 fully saturated rings. The number of halogens is 1. The third-order valence-electron chi connectivity index (χ3n) is 7.03. The second-order valence-electron chi connectivity index (χ2n) is 10.5. The number of nitrogens with zero attached hydrogens (tertiary/aromatic N) is 2. The first-order valence-electron chi connectivity index (χ1n) is 14.8. The van der Waals surface area contributed by atoms with E-state index in [-0.39, 0.29) is 18.1 Å². The normalized spacial score (nSPS) is 11.0. The lowest BCUT2D eigenvalue weighted by molar-refractivity contribution is -0.140. The summed E-state index contributed by atoms with van der Waals surface area (Å²) in [5.41, 5.74) is 2.62. The number of hydrogen-bond acceptors (Lipinski definition) is 8. The Labute approximate surface area is 289 Å². The number of carboxylic acid groups (broad SMARTS) is 2. The molecule has 0 aliphatic carbocycles. The number of rotatable bonds is 10. The zero-order chi connectivity index (χ0) is 34.8. The number of carbonyl (C=O) groups is 2. The number of hydrogen-bond donors (Lipinski definition) is 4. The number of fused-ring (bicyclic) bond motifs is 2. The van der Waals surface area contributed by atoms with Gasteiger partial charge in [-0.15, -0.1) is 5.11 Å². The minimum absolute atomic E-state index is 0.0417. The maximum absolute atomic E-state index is 10.5. The summed E-state index contributed by atoms with van der Waals surface area (Å²) >= 11 is 3.41. The third-order valence-corrected chi connectivity index (χ3v) is 7.52. The lowest BCUT2D eigenvalue weighted by atomic mass is 10.0. The molecule has 246 valence electrons. The van der Waals surface area contributed by atoms with Crippen molar-refractivity contribution in [1.82, 2.24) is 0 Å². The molecule has 11 heteroatoms. The van der Waals surface area contributed by atoms with Crippen LogP contribution in [-0.4, -0.2) is 45.6 Å². The summed E-state index contributed by atoms with van der Waals surface area (Å²) in [6.45, 7) is -0.765. The molecule has 6 aromatic carbocycles. The average Bonchev–Trinajstić information content (AvgIpc) is 3.10. The number of ether oxygens (including phenoxy) is 2. The minimum atomic E-state index is -1.04. The highest BCUT2D eigenvalue weighted by molar-refractivity contribution is 9.10. The van der Waals surface area contributed by atoms with E-state index in [1.165, 1.54) is 0 Å². The first-order valence-corrected chi connectivity index (χ1v) is 15.6. The van der Waals surface area contributed by atoms with Gasteiger partial charge in [-0.3, -0.25) is 0 Å². The Bertz CT molecular complexity index is 2160. The quantitative estimate of drug-likeness (QED) is 0.0805.